The minimum atomic E-state index is -0.875. The second kappa shape index (κ2) is 6.94. The molecule has 0 bridgehead atoms. The van der Waals surface area contributed by atoms with Crippen molar-refractivity contribution in [3.8, 4) is 0 Å². The van der Waals surface area contributed by atoms with E-state index in [1.54, 1.807) is 6.07 Å². The van der Waals surface area contributed by atoms with E-state index in [0.717, 1.165) is 25.3 Å². The molecule has 1 aromatic carbocycles. The molecular formula is C21H26N4O2. The summed E-state index contributed by atoms with van der Waals surface area (Å²) in [5.74, 6) is 0. The van der Waals surface area contributed by atoms with Gasteiger partial charge >= 0.3 is 0 Å². The average molecular weight is 366 g/mol. The summed E-state index contributed by atoms with van der Waals surface area (Å²) >= 11 is 0. The van der Waals surface area contributed by atoms with Crippen molar-refractivity contribution in [3.63, 3.8) is 0 Å². The Morgan fingerprint density at radius 3 is 2.67 bits per heavy atom. The van der Waals surface area contributed by atoms with Gasteiger partial charge in [-0.05, 0) is 37.5 Å². The van der Waals surface area contributed by atoms with E-state index in [9.17, 15) is 9.90 Å². The Kier molecular flexibility index (Phi) is 4.61. The first-order valence-electron chi connectivity index (χ1n) is 9.46. The molecule has 6 heteroatoms. The van der Waals surface area contributed by atoms with E-state index in [2.05, 4.69) is 52.1 Å². The van der Waals surface area contributed by atoms with E-state index in [0.29, 0.717) is 12.8 Å². The molecule has 0 amide bonds. The van der Waals surface area contributed by atoms with Gasteiger partial charge in [-0.1, -0.05) is 18.2 Å². The highest BCUT2D eigenvalue weighted by atomic mass is 16.3. The number of benzene rings is 1. The van der Waals surface area contributed by atoms with E-state index in [-0.39, 0.29) is 12.1 Å². The lowest BCUT2D eigenvalue weighted by Crippen LogP contribution is -2.48. The molecule has 2 aromatic heterocycles. The predicted molar refractivity (Wildman–Crippen MR) is 106 cm³/mol. The van der Waals surface area contributed by atoms with Gasteiger partial charge in [-0.15, -0.1) is 0 Å². The van der Waals surface area contributed by atoms with Crippen LogP contribution in [0.4, 0.5) is 0 Å². The third-order valence-electron chi connectivity index (χ3n) is 5.60. The normalized spacial score (nSPS) is 17.4. The largest absolute Gasteiger partial charge is 0.388 e. The summed E-state index contributed by atoms with van der Waals surface area (Å²) in [7, 11) is 2.08. The number of hydrogen-bond acceptors (Lipinski definition) is 4. The number of fused-ring (bicyclic) bond motifs is 1. The van der Waals surface area contributed by atoms with Crippen molar-refractivity contribution < 1.29 is 5.11 Å². The molecule has 0 radical (unpaired) electrons. The smallest absolute Gasteiger partial charge is 0.266 e. The Bertz CT molecular complexity index is 1010. The fourth-order valence-corrected chi connectivity index (χ4v) is 4.02. The molecule has 3 heterocycles. The molecule has 4 rings (SSSR count). The molecule has 0 saturated carbocycles. The summed E-state index contributed by atoms with van der Waals surface area (Å²) < 4.78 is 3.57. The van der Waals surface area contributed by atoms with Crippen molar-refractivity contribution >= 4 is 10.9 Å². The molecule has 0 aliphatic carbocycles. The van der Waals surface area contributed by atoms with Crippen LogP contribution in [0.3, 0.4) is 0 Å². The molecular weight excluding hydrogens is 340 g/mol. The van der Waals surface area contributed by atoms with Crippen molar-refractivity contribution in [1.82, 2.24) is 19.2 Å². The van der Waals surface area contributed by atoms with Crippen LogP contribution in [0, 0.1) is 6.92 Å². The third-order valence-corrected chi connectivity index (χ3v) is 5.60. The molecule has 1 saturated heterocycles. The number of piperidine rings is 1. The highest BCUT2D eigenvalue weighted by Crippen LogP contribution is 2.27. The van der Waals surface area contributed by atoms with E-state index in [4.69, 9.17) is 0 Å². The Morgan fingerprint density at radius 2 is 1.89 bits per heavy atom. The first-order chi connectivity index (χ1) is 12.9. The Balaban J connectivity index is 1.44. The number of hydrogen-bond donors (Lipinski definition) is 1. The van der Waals surface area contributed by atoms with Crippen LogP contribution >= 0.6 is 0 Å². The Hall–Kier alpha value is -2.44. The van der Waals surface area contributed by atoms with Gasteiger partial charge in [-0.3, -0.25) is 9.69 Å². The maximum atomic E-state index is 12.0. The van der Waals surface area contributed by atoms with Gasteiger partial charge in [0.25, 0.3) is 5.56 Å². The number of aryl methyl sites for hydroxylation is 2. The quantitative estimate of drug-likeness (QED) is 0.768. The molecule has 142 valence electrons. The van der Waals surface area contributed by atoms with Gasteiger partial charge in [0.1, 0.15) is 0 Å². The van der Waals surface area contributed by atoms with Gasteiger partial charge < -0.3 is 9.67 Å². The molecule has 1 aliphatic rings. The van der Waals surface area contributed by atoms with E-state index in [1.165, 1.54) is 27.2 Å². The van der Waals surface area contributed by atoms with Crippen LogP contribution in [0.2, 0.25) is 0 Å². The number of rotatable bonds is 4. The van der Waals surface area contributed by atoms with Gasteiger partial charge in [-0.25, -0.2) is 4.68 Å². The maximum Gasteiger partial charge on any atom is 0.266 e. The Labute approximate surface area is 158 Å². The van der Waals surface area contributed by atoms with Gasteiger partial charge in [0, 0.05) is 49.8 Å². The number of para-hydroxylation sites is 1. The lowest BCUT2D eigenvalue weighted by molar-refractivity contribution is -0.0390. The van der Waals surface area contributed by atoms with Gasteiger partial charge in [0.15, 0.2) is 0 Å². The molecule has 3 aromatic rings. The average Bonchev–Trinajstić information content (AvgIpc) is 2.96. The van der Waals surface area contributed by atoms with Crippen LogP contribution in [-0.2, 0) is 20.1 Å². The zero-order chi connectivity index (χ0) is 19.0. The summed E-state index contributed by atoms with van der Waals surface area (Å²) in [6, 6.07) is 11.7. The van der Waals surface area contributed by atoms with Crippen molar-refractivity contribution in [2.45, 2.75) is 38.5 Å². The maximum absolute atomic E-state index is 12.0. The second-order valence-electron chi connectivity index (χ2n) is 7.75. The highest BCUT2D eigenvalue weighted by molar-refractivity contribution is 5.83. The number of likely N-dealkylation sites (tertiary alicyclic amines) is 1. The number of aliphatic hydroxyl groups is 1. The van der Waals surface area contributed by atoms with E-state index in [1.807, 2.05) is 6.92 Å². The first-order valence-corrected chi connectivity index (χ1v) is 9.46. The summed E-state index contributed by atoms with van der Waals surface area (Å²) in [6.07, 6.45) is 3.47. The number of aromatic nitrogens is 3. The highest BCUT2D eigenvalue weighted by Gasteiger charge is 2.33. The van der Waals surface area contributed by atoms with Crippen LogP contribution in [0.1, 0.15) is 24.1 Å². The van der Waals surface area contributed by atoms with Crippen molar-refractivity contribution in [2.75, 3.05) is 13.1 Å². The molecule has 27 heavy (non-hydrogen) atoms. The zero-order valence-corrected chi connectivity index (χ0v) is 15.9. The molecule has 1 aliphatic heterocycles. The fourth-order valence-electron chi connectivity index (χ4n) is 4.02. The summed E-state index contributed by atoms with van der Waals surface area (Å²) in [5, 5.41) is 16.5. The van der Waals surface area contributed by atoms with Crippen molar-refractivity contribution in [1.29, 1.82) is 0 Å². The first kappa shape index (κ1) is 17.9. The van der Waals surface area contributed by atoms with Gasteiger partial charge in [-0.2, -0.15) is 5.10 Å². The van der Waals surface area contributed by atoms with E-state index >= 15 is 0 Å². The standard InChI is InChI=1S/C21H26N4O2/c1-16-7-8-20(26)25(22-16)15-21(27)9-11-24(12-10-21)14-17-13-23(2)19-6-4-3-5-18(17)19/h3-8,13,27H,9-12,14-15H2,1-2H3. The van der Waals surface area contributed by atoms with Crippen LogP contribution < -0.4 is 5.56 Å². The predicted octanol–water partition coefficient (Wildman–Crippen LogP) is 2.07. The van der Waals surface area contributed by atoms with Gasteiger partial charge in [0.2, 0.25) is 0 Å². The van der Waals surface area contributed by atoms with Crippen LogP contribution in [0.5, 0.6) is 0 Å². The SMILES string of the molecule is Cc1ccc(=O)n(CC2(O)CCN(Cc3cn(C)c4ccccc34)CC2)n1. The molecule has 0 atom stereocenters. The topological polar surface area (TPSA) is 63.3 Å². The Morgan fingerprint density at radius 1 is 1.15 bits per heavy atom. The van der Waals surface area contributed by atoms with Crippen molar-refractivity contribution in [3.05, 3.63) is 64.2 Å². The number of nitrogens with zero attached hydrogens (tertiary/aromatic N) is 4. The second-order valence-corrected chi connectivity index (χ2v) is 7.75. The fraction of sp³-hybridized carbons (Fsp3) is 0.429. The minimum Gasteiger partial charge on any atom is -0.388 e. The third kappa shape index (κ3) is 3.68. The van der Waals surface area contributed by atoms with Crippen LogP contribution in [0.25, 0.3) is 10.9 Å². The molecule has 1 fully saturated rings. The monoisotopic (exact) mass is 366 g/mol. The zero-order valence-electron chi connectivity index (χ0n) is 15.9. The van der Waals surface area contributed by atoms with Crippen LogP contribution in [0.15, 0.2) is 47.4 Å². The lowest BCUT2D eigenvalue weighted by Gasteiger charge is -2.38. The molecule has 0 spiro atoms. The van der Waals surface area contributed by atoms with Crippen LogP contribution in [-0.4, -0.2) is 43.0 Å². The van der Waals surface area contributed by atoms with Gasteiger partial charge in [0.05, 0.1) is 17.8 Å². The lowest BCUT2D eigenvalue weighted by atomic mass is 9.91. The molecule has 1 N–H and O–H groups in total. The summed E-state index contributed by atoms with van der Waals surface area (Å²) in [6.45, 7) is 4.60. The molecule has 6 nitrogen and oxygen atoms in total. The van der Waals surface area contributed by atoms with Crippen molar-refractivity contribution in [2.24, 2.45) is 7.05 Å². The molecule has 0 unspecified atom stereocenters. The summed E-state index contributed by atoms with van der Waals surface area (Å²) in [5.41, 5.74) is 2.31. The summed E-state index contributed by atoms with van der Waals surface area (Å²) in [4.78, 5) is 14.4. The minimum absolute atomic E-state index is 0.160. The van der Waals surface area contributed by atoms with E-state index < -0.39 is 5.60 Å².